The predicted octanol–water partition coefficient (Wildman–Crippen LogP) is 1.60. The van der Waals surface area contributed by atoms with E-state index in [4.69, 9.17) is 0 Å². The van der Waals surface area contributed by atoms with Crippen molar-refractivity contribution in [1.82, 2.24) is 5.32 Å². The van der Waals surface area contributed by atoms with Crippen LogP contribution >= 0.6 is 0 Å². The zero-order valence-electron chi connectivity index (χ0n) is 8.04. The minimum absolute atomic E-state index is 0.0236. The van der Waals surface area contributed by atoms with E-state index in [9.17, 15) is 9.18 Å². The number of rotatable bonds is 1. The van der Waals surface area contributed by atoms with Crippen molar-refractivity contribution >= 4 is 11.7 Å². The molecule has 1 aromatic rings. The van der Waals surface area contributed by atoms with E-state index < -0.39 is 11.7 Å². The SMILES string of the molecule is CN=C(C)NC(=O)c1ccccc1F. The molecule has 0 radical (unpaired) electrons. The van der Waals surface area contributed by atoms with Gasteiger partial charge >= 0.3 is 0 Å². The van der Waals surface area contributed by atoms with Gasteiger partial charge in [-0.2, -0.15) is 0 Å². The van der Waals surface area contributed by atoms with E-state index in [-0.39, 0.29) is 5.56 Å². The number of hydrogen-bond donors (Lipinski definition) is 1. The van der Waals surface area contributed by atoms with E-state index in [1.54, 1.807) is 20.0 Å². The van der Waals surface area contributed by atoms with Gasteiger partial charge in [-0.3, -0.25) is 9.79 Å². The largest absolute Gasteiger partial charge is 0.311 e. The average molecular weight is 194 g/mol. The van der Waals surface area contributed by atoms with E-state index in [0.717, 1.165) is 0 Å². The maximum atomic E-state index is 13.1. The number of benzene rings is 1. The fourth-order valence-electron chi connectivity index (χ4n) is 0.933. The van der Waals surface area contributed by atoms with E-state index >= 15 is 0 Å². The Labute approximate surface area is 81.7 Å². The molecule has 0 aliphatic carbocycles. The minimum Gasteiger partial charge on any atom is -0.311 e. The number of aliphatic imine (C=N–C) groups is 1. The number of carbonyl (C=O) groups is 1. The lowest BCUT2D eigenvalue weighted by Crippen LogP contribution is -2.28. The smallest absolute Gasteiger partial charge is 0.259 e. The first kappa shape index (κ1) is 10.4. The quantitative estimate of drug-likeness (QED) is 0.535. The Morgan fingerprint density at radius 2 is 2.07 bits per heavy atom. The van der Waals surface area contributed by atoms with Crippen molar-refractivity contribution in [1.29, 1.82) is 0 Å². The third-order valence-electron chi connectivity index (χ3n) is 1.75. The highest BCUT2D eigenvalue weighted by Crippen LogP contribution is 2.05. The van der Waals surface area contributed by atoms with Gasteiger partial charge in [0.25, 0.3) is 5.91 Å². The highest BCUT2D eigenvalue weighted by Gasteiger charge is 2.10. The van der Waals surface area contributed by atoms with Crippen molar-refractivity contribution in [2.45, 2.75) is 6.92 Å². The standard InChI is InChI=1S/C10H11FN2O/c1-7(12-2)13-10(14)8-5-3-4-6-9(8)11/h3-6H,1-2H3,(H,12,13,14). The molecule has 0 fully saturated rings. The molecule has 0 aliphatic heterocycles. The van der Waals surface area contributed by atoms with Gasteiger partial charge in [-0.05, 0) is 19.1 Å². The third kappa shape index (κ3) is 2.39. The molecule has 0 aliphatic rings. The number of nitrogens with zero attached hydrogens (tertiary/aromatic N) is 1. The lowest BCUT2D eigenvalue weighted by atomic mass is 10.2. The van der Waals surface area contributed by atoms with Crippen LogP contribution in [-0.2, 0) is 0 Å². The van der Waals surface area contributed by atoms with Crippen LogP contribution in [0.2, 0.25) is 0 Å². The van der Waals surface area contributed by atoms with Crippen LogP contribution in [0.15, 0.2) is 29.3 Å². The normalized spacial score (nSPS) is 11.2. The minimum atomic E-state index is -0.533. The van der Waals surface area contributed by atoms with Gasteiger partial charge in [0.2, 0.25) is 0 Å². The summed E-state index contributed by atoms with van der Waals surface area (Å²) in [7, 11) is 1.55. The highest BCUT2D eigenvalue weighted by atomic mass is 19.1. The Bertz CT molecular complexity index is 374. The maximum absolute atomic E-state index is 13.1. The summed E-state index contributed by atoms with van der Waals surface area (Å²) in [4.78, 5) is 15.1. The summed E-state index contributed by atoms with van der Waals surface area (Å²) in [6.07, 6.45) is 0. The van der Waals surface area contributed by atoms with Gasteiger partial charge < -0.3 is 5.32 Å². The van der Waals surface area contributed by atoms with E-state index in [1.165, 1.54) is 18.2 Å². The zero-order chi connectivity index (χ0) is 10.6. The molecule has 3 nitrogen and oxygen atoms in total. The van der Waals surface area contributed by atoms with Crippen LogP contribution in [0.5, 0.6) is 0 Å². The summed E-state index contributed by atoms with van der Waals surface area (Å²) in [5, 5.41) is 2.46. The van der Waals surface area contributed by atoms with Crippen molar-refractivity contribution in [3.05, 3.63) is 35.6 Å². The molecule has 1 aromatic carbocycles. The second-order valence-corrected chi connectivity index (χ2v) is 2.74. The van der Waals surface area contributed by atoms with Gasteiger partial charge in [0.05, 0.1) is 11.4 Å². The number of amides is 1. The molecular weight excluding hydrogens is 183 g/mol. The van der Waals surface area contributed by atoms with E-state index in [2.05, 4.69) is 10.3 Å². The fourth-order valence-corrected chi connectivity index (χ4v) is 0.933. The summed E-state index contributed by atoms with van der Waals surface area (Å²) in [6.45, 7) is 1.64. The first-order valence-corrected chi connectivity index (χ1v) is 4.14. The molecule has 0 bridgehead atoms. The Morgan fingerprint density at radius 3 is 2.64 bits per heavy atom. The Balaban J connectivity index is 2.85. The Morgan fingerprint density at radius 1 is 1.43 bits per heavy atom. The number of halogens is 1. The lowest BCUT2D eigenvalue weighted by molar-refractivity contribution is 0.0973. The molecule has 0 saturated carbocycles. The van der Waals surface area contributed by atoms with Gasteiger partial charge in [0.1, 0.15) is 5.82 Å². The summed E-state index contributed by atoms with van der Waals surface area (Å²) in [5.74, 6) is -0.557. The topological polar surface area (TPSA) is 41.5 Å². The molecule has 4 heteroatoms. The number of amidine groups is 1. The van der Waals surface area contributed by atoms with Crippen LogP contribution in [0.4, 0.5) is 4.39 Å². The molecule has 0 heterocycles. The summed E-state index contributed by atoms with van der Waals surface area (Å²) < 4.78 is 13.1. The molecule has 0 unspecified atom stereocenters. The Kier molecular flexibility index (Phi) is 3.34. The molecule has 0 aromatic heterocycles. The van der Waals surface area contributed by atoms with Crippen molar-refractivity contribution in [3.63, 3.8) is 0 Å². The summed E-state index contributed by atoms with van der Waals surface area (Å²) >= 11 is 0. The van der Waals surface area contributed by atoms with Crippen LogP contribution in [0.3, 0.4) is 0 Å². The molecular formula is C10H11FN2O. The predicted molar refractivity (Wildman–Crippen MR) is 52.9 cm³/mol. The summed E-state index contributed by atoms with van der Waals surface area (Å²) in [5.41, 5.74) is 0.0236. The van der Waals surface area contributed by atoms with Crippen LogP contribution in [-0.4, -0.2) is 18.8 Å². The van der Waals surface area contributed by atoms with Crippen LogP contribution < -0.4 is 5.32 Å². The Hall–Kier alpha value is -1.71. The van der Waals surface area contributed by atoms with Gasteiger partial charge in [-0.15, -0.1) is 0 Å². The second-order valence-electron chi connectivity index (χ2n) is 2.74. The van der Waals surface area contributed by atoms with Crippen molar-refractivity contribution in [2.24, 2.45) is 4.99 Å². The lowest BCUT2D eigenvalue weighted by Gasteiger charge is -2.04. The summed E-state index contributed by atoms with van der Waals surface area (Å²) in [6, 6.07) is 5.81. The number of carbonyl (C=O) groups excluding carboxylic acids is 1. The number of hydrogen-bond acceptors (Lipinski definition) is 2. The first-order chi connectivity index (χ1) is 6.65. The van der Waals surface area contributed by atoms with E-state index in [0.29, 0.717) is 5.84 Å². The van der Waals surface area contributed by atoms with Crippen LogP contribution in [0.1, 0.15) is 17.3 Å². The van der Waals surface area contributed by atoms with Crippen LogP contribution in [0.25, 0.3) is 0 Å². The van der Waals surface area contributed by atoms with Crippen molar-refractivity contribution < 1.29 is 9.18 Å². The monoisotopic (exact) mass is 194 g/mol. The molecule has 0 saturated heterocycles. The average Bonchev–Trinajstić information content (AvgIpc) is 2.18. The molecule has 1 rings (SSSR count). The third-order valence-corrected chi connectivity index (χ3v) is 1.75. The van der Waals surface area contributed by atoms with Gasteiger partial charge in [0, 0.05) is 7.05 Å². The van der Waals surface area contributed by atoms with Gasteiger partial charge in [-0.25, -0.2) is 4.39 Å². The molecule has 1 N–H and O–H groups in total. The molecule has 1 amide bonds. The first-order valence-electron chi connectivity index (χ1n) is 4.14. The van der Waals surface area contributed by atoms with Crippen LogP contribution in [0, 0.1) is 5.82 Å². The molecule has 0 atom stereocenters. The molecule has 74 valence electrons. The zero-order valence-corrected chi connectivity index (χ0v) is 8.04. The molecule has 14 heavy (non-hydrogen) atoms. The maximum Gasteiger partial charge on any atom is 0.259 e. The molecule has 0 spiro atoms. The van der Waals surface area contributed by atoms with Gasteiger partial charge in [0.15, 0.2) is 0 Å². The van der Waals surface area contributed by atoms with E-state index in [1.807, 2.05) is 0 Å². The second kappa shape index (κ2) is 4.50. The fraction of sp³-hybridized carbons (Fsp3) is 0.200. The number of nitrogens with one attached hydrogen (secondary N) is 1. The van der Waals surface area contributed by atoms with Crippen molar-refractivity contribution in [2.75, 3.05) is 7.05 Å². The van der Waals surface area contributed by atoms with Crippen molar-refractivity contribution in [3.8, 4) is 0 Å². The van der Waals surface area contributed by atoms with Gasteiger partial charge in [-0.1, -0.05) is 12.1 Å². The highest BCUT2D eigenvalue weighted by molar-refractivity contribution is 6.05.